The molecule has 1 saturated carbocycles. The third-order valence-electron chi connectivity index (χ3n) is 3.22. The molecule has 0 heterocycles. The van der Waals surface area contributed by atoms with Crippen molar-refractivity contribution >= 4 is 0 Å². The lowest BCUT2D eigenvalue weighted by molar-refractivity contribution is 0.314. The van der Waals surface area contributed by atoms with E-state index in [0.29, 0.717) is 5.41 Å². The second kappa shape index (κ2) is 2.51. The molecule has 0 nitrogen and oxygen atoms in total. The molecule has 1 fully saturated rings. The molecule has 60 valence electrons. The smallest absolute Gasteiger partial charge is 0.00549 e. The van der Waals surface area contributed by atoms with Crippen molar-refractivity contribution in [2.24, 2.45) is 11.3 Å². The van der Waals surface area contributed by atoms with Gasteiger partial charge >= 0.3 is 0 Å². The average Bonchev–Trinajstić information content (AvgIpc) is 2.88. The Kier molecular flexibility index (Phi) is 1.63. The normalized spacial score (nSPS) is 36.1. The van der Waals surface area contributed by atoms with E-state index in [-0.39, 0.29) is 0 Å². The van der Waals surface area contributed by atoms with E-state index in [2.05, 4.69) is 31.2 Å². The van der Waals surface area contributed by atoms with Crippen molar-refractivity contribution in [3.05, 3.63) is 24.3 Å². The van der Waals surface area contributed by atoms with Crippen LogP contribution in [0.1, 0.15) is 32.6 Å². The lowest BCUT2D eigenvalue weighted by atomic mass is 9.75. The van der Waals surface area contributed by atoms with E-state index in [1.54, 1.807) is 0 Å². The van der Waals surface area contributed by atoms with Crippen molar-refractivity contribution in [3.63, 3.8) is 0 Å². The molecule has 1 atom stereocenters. The van der Waals surface area contributed by atoms with E-state index in [1.807, 2.05) is 0 Å². The van der Waals surface area contributed by atoms with Crippen LogP contribution in [0, 0.1) is 11.3 Å². The highest BCUT2D eigenvalue weighted by Crippen LogP contribution is 2.51. The van der Waals surface area contributed by atoms with Gasteiger partial charge in [0, 0.05) is 0 Å². The van der Waals surface area contributed by atoms with Gasteiger partial charge in [-0.05, 0) is 37.0 Å². The van der Waals surface area contributed by atoms with Gasteiger partial charge in [0.1, 0.15) is 0 Å². The summed E-state index contributed by atoms with van der Waals surface area (Å²) in [6.45, 7) is 2.32. The maximum absolute atomic E-state index is 2.44. The van der Waals surface area contributed by atoms with Gasteiger partial charge in [-0.1, -0.05) is 31.2 Å². The van der Waals surface area contributed by atoms with Crippen LogP contribution in [-0.2, 0) is 0 Å². The second-order valence-corrected chi connectivity index (χ2v) is 3.85. The lowest BCUT2D eigenvalue weighted by Gasteiger charge is -2.29. The van der Waals surface area contributed by atoms with Gasteiger partial charge in [-0.3, -0.25) is 0 Å². The lowest BCUT2D eigenvalue weighted by Crippen LogP contribution is -2.19. The van der Waals surface area contributed by atoms with Crippen molar-refractivity contribution in [2.75, 3.05) is 0 Å². The molecule has 0 N–H and O–H groups in total. The van der Waals surface area contributed by atoms with Gasteiger partial charge < -0.3 is 0 Å². The number of hydrogen-bond donors (Lipinski definition) is 0. The fourth-order valence-corrected chi connectivity index (χ4v) is 2.19. The molecular weight excluding hydrogens is 132 g/mol. The Balaban J connectivity index is 2.15. The molecule has 2 aliphatic rings. The van der Waals surface area contributed by atoms with Crippen LogP contribution < -0.4 is 0 Å². The number of rotatable bonds is 2. The summed E-state index contributed by atoms with van der Waals surface area (Å²) in [5.74, 6) is 1.01. The van der Waals surface area contributed by atoms with Crippen LogP contribution >= 0.6 is 0 Å². The summed E-state index contributed by atoms with van der Waals surface area (Å²) in [4.78, 5) is 0. The highest BCUT2D eigenvalue weighted by atomic mass is 14.5. The molecule has 0 aromatic rings. The van der Waals surface area contributed by atoms with Gasteiger partial charge in [-0.2, -0.15) is 0 Å². The molecular formula is C11H16. The SMILES string of the molecule is CCC1(C2CC2)C=CC=CC1. The van der Waals surface area contributed by atoms with Crippen LogP contribution in [-0.4, -0.2) is 0 Å². The topological polar surface area (TPSA) is 0 Å². The standard InChI is InChI=1S/C11H16/c1-2-11(10-6-7-10)8-4-3-5-9-11/h3-5,8,10H,2,6-7,9H2,1H3. The molecule has 0 heteroatoms. The molecule has 0 aromatic heterocycles. The minimum absolute atomic E-state index is 0.564. The summed E-state index contributed by atoms with van der Waals surface area (Å²) in [6, 6.07) is 0. The zero-order chi connectivity index (χ0) is 7.73. The first-order chi connectivity index (χ1) is 5.37. The molecule has 0 aromatic carbocycles. The Bertz CT molecular complexity index is 196. The fourth-order valence-electron chi connectivity index (χ4n) is 2.19. The van der Waals surface area contributed by atoms with E-state index < -0.39 is 0 Å². The van der Waals surface area contributed by atoms with Gasteiger partial charge in [0.2, 0.25) is 0 Å². The van der Waals surface area contributed by atoms with Crippen molar-refractivity contribution in [3.8, 4) is 0 Å². The predicted octanol–water partition coefficient (Wildman–Crippen LogP) is 3.31. The summed E-state index contributed by atoms with van der Waals surface area (Å²) in [7, 11) is 0. The predicted molar refractivity (Wildman–Crippen MR) is 48.3 cm³/mol. The third-order valence-corrected chi connectivity index (χ3v) is 3.22. The van der Waals surface area contributed by atoms with E-state index in [9.17, 15) is 0 Å². The monoisotopic (exact) mass is 148 g/mol. The molecule has 0 bridgehead atoms. The fraction of sp³-hybridized carbons (Fsp3) is 0.636. The number of allylic oxidation sites excluding steroid dienone is 4. The van der Waals surface area contributed by atoms with Gasteiger partial charge in [0.15, 0.2) is 0 Å². The Labute approximate surface area is 69.0 Å². The Hall–Kier alpha value is -0.520. The maximum atomic E-state index is 2.44. The molecule has 2 aliphatic carbocycles. The summed E-state index contributed by atoms with van der Waals surface area (Å²) in [5.41, 5.74) is 0.564. The van der Waals surface area contributed by atoms with Crippen molar-refractivity contribution in [1.82, 2.24) is 0 Å². The van der Waals surface area contributed by atoms with Gasteiger partial charge in [-0.25, -0.2) is 0 Å². The first-order valence-electron chi connectivity index (χ1n) is 4.72. The van der Waals surface area contributed by atoms with Gasteiger partial charge in [0.25, 0.3) is 0 Å². The highest BCUT2D eigenvalue weighted by molar-refractivity contribution is 5.19. The number of hydrogen-bond acceptors (Lipinski definition) is 0. The van der Waals surface area contributed by atoms with Crippen LogP contribution in [0.15, 0.2) is 24.3 Å². The average molecular weight is 148 g/mol. The Morgan fingerprint density at radius 2 is 2.18 bits per heavy atom. The molecule has 11 heavy (non-hydrogen) atoms. The summed E-state index contributed by atoms with van der Waals surface area (Å²) in [5, 5.41) is 0. The molecule has 0 amide bonds. The summed E-state index contributed by atoms with van der Waals surface area (Å²) in [6.07, 6.45) is 14.7. The van der Waals surface area contributed by atoms with Crippen LogP contribution in [0.4, 0.5) is 0 Å². The zero-order valence-corrected chi connectivity index (χ0v) is 7.22. The van der Waals surface area contributed by atoms with Gasteiger partial charge in [0.05, 0.1) is 0 Å². The van der Waals surface area contributed by atoms with E-state index in [0.717, 1.165) is 5.92 Å². The third kappa shape index (κ3) is 1.15. The first-order valence-corrected chi connectivity index (χ1v) is 4.72. The van der Waals surface area contributed by atoms with E-state index in [1.165, 1.54) is 25.7 Å². The van der Waals surface area contributed by atoms with Crippen molar-refractivity contribution < 1.29 is 0 Å². The van der Waals surface area contributed by atoms with Crippen molar-refractivity contribution in [2.45, 2.75) is 32.6 Å². The zero-order valence-electron chi connectivity index (χ0n) is 7.22. The quantitative estimate of drug-likeness (QED) is 0.563. The minimum Gasteiger partial charge on any atom is -0.0837 e. The molecule has 1 unspecified atom stereocenters. The molecule has 0 aliphatic heterocycles. The highest BCUT2D eigenvalue weighted by Gasteiger charge is 2.41. The largest absolute Gasteiger partial charge is 0.0837 e. The van der Waals surface area contributed by atoms with Crippen LogP contribution in [0.5, 0.6) is 0 Å². The Morgan fingerprint density at radius 1 is 1.36 bits per heavy atom. The van der Waals surface area contributed by atoms with E-state index >= 15 is 0 Å². The van der Waals surface area contributed by atoms with Crippen LogP contribution in [0.2, 0.25) is 0 Å². The summed E-state index contributed by atoms with van der Waals surface area (Å²) >= 11 is 0. The van der Waals surface area contributed by atoms with Crippen LogP contribution in [0.25, 0.3) is 0 Å². The molecule has 0 spiro atoms. The van der Waals surface area contributed by atoms with Crippen LogP contribution in [0.3, 0.4) is 0 Å². The van der Waals surface area contributed by atoms with E-state index in [4.69, 9.17) is 0 Å². The first kappa shape index (κ1) is 7.15. The summed E-state index contributed by atoms with van der Waals surface area (Å²) < 4.78 is 0. The molecule has 0 radical (unpaired) electrons. The second-order valence-electron chi connectivity index (χ2n) is 3.85. The van der Waals surface area contributed by atoms with Gasteiger partial charge in [-0.15, -0.1) is 0 Å². The minimum atomic E-state index is 0.564. The molecule has 2 rings (SSSR count). The molecule has 0 saturated heterocycles. The Morgan fingerprint density at radius 3 is 2.64 bits per heavy atom. The maximum Gasteiger partial charge on any atom is -0.00549 e. The van der Waals surface area contributed by atoms with Crippen molar-refractivity contribution in [1.29, 1.82) is 0 Å².